The van der Waals surface area contributed by atoms with Crippen molar-refractivity contribution in [1.82, 2.24) is 9.97 Å². The number of benzene rings is 1. The quantitative estimate of drug-likeness (QED) is 0.586. The third-order valence-corrected chi connectivity index (χ3v) is 5.16. The highest BCUT2D eigenvalue weighted by atomic mass is 14.9. The third kappa shape index (κ3) is 4.10. The number of anilines is 2. The van der Waals surface area contributed by atoms with E-state index in [4.69, 9.17) is 5.26 Å². The van der Waals surface area contributed by atoms with Crippen molar-refractivity contribution in [2.75, 3.05) is 17.2 Å². The molecule has 1 aliphatic rings. The molecule has 140 valence electrons. The van der Waals surface area contributed by atoms with Gasteiger partial charge in [-0.2, -0.15) is 5.26 Å². The second kappa shape index (κ2) is 8.50. The van der Waals surface area contributed by atoms with Crippen LogP contribution in [0.3, 0.4) is 0 Å². The van der Waals surface area contributed by atoms with E-state index >= 15 is 0 Å². The fraction of sp³-hybridized carbons (Fsp3) is 0.304. The summed E-state index contributed by atoms with van der Waals surface area (Å²) in [4.78, 5) is 7.69. The lowest BCUT2D eigenvalue weighted by molar-refractivity contribution is 0.463. The molecular weight excluding hydrogens is 346 g/mol. The van der Waals surface area contributed by atoms with Crippen LogP contribution >= 0.6 is 0 Å². The van der Waals surface area contributed by atoms with E-state index in [0.29, 0.717) is 18.2 Å². The van der Waals surface area contributed by atoms with E-state index in [9.17, 15) is 0 Å². The number of hydrogen-bond donors (Lipinski definition) is 3. The fourth-order valence-corrected chi connectivity index (χ4v) is 3.66. The molecule has 0 atom stereocenters. The van der Waals surface area contributed by atoms with Crippen LogP contribution in [0.25, 0.3) is 11.0 Å². The molecular formula is C23H23N5. The Morgan fingerprint density at radius 2 is 1.93 bits per heavy atom. The maximum atomic E-state index is 8.86. The van der Waals surface area contributed by atoms with Crippen LogP contribution < -0.4 is 10.6 Å². The van der Waals surface area contributed by atoms with Crippen molar-refractivity contribution in [1.29, 1.82) is 5.26 Å². The van der Waals surface area contributed by atoms with E-state index < -0.39 is 0 Å². The molecule has 0 radical (unpaired) electrons. The van der Waals surface area contributed by atoms with Gasteiger partial charge in [0, 0.05) is 29.5 Å². The van der Waals surface area contributed by atoms with Gasteiger partial charge in [-0.3, -0.25) is 0 Å². The molecule has 1 aromatic carbocycles. The molecule has 0 amide bonds. The zero-order valence-electron chi connectivity index (χ0n) is 15.8. The van der Waals surface area contributed by atoms with Gasteiger partial charge in [-0.05, 0) is 43.2 Å². The van der Waals surface area contributed by atoms with Gasteiger partial charge >= 0.3 is 0 Å². The Hall–Kier alpha value is -3.44. The summed E-state index contributed by atoms with van der Waals surface area (Å²) >= 11 is 0. The van der Waals surface area contributed by atoms with Crippen LogP contribution in [0.5, 0.6) is 0 Å². The Kier molecular flexibility index (Phi) is 5.45. The van der Waals surface area contributed by atoms with Crippen LogP contribution in [0.2, 0.25) is 0 Å². The minimum absolute atomic E-state index is 0.506. The number of aromatic amines is 1. The molecule has 0 saturated heterocycles. The highest BCUT2D eigenvalue weighted by Crippen LogP contribution is 2.29. The third-order valence-electron chi connectivity index (χ3n) is 5.16. The molecule has 0 unspecified atom stereocenters. The first kappa shape index (κ1) is 17.9. The number of nitriles is 1. The minimum Gasteiger partial charge on any atom is -0.381 e. The van der Waals surface area contributed by atoms with Crippen molar-refractivity contribution in [3.05, 3.63) is 53.9 Å². The minimum atomic E-state index is 0.506. The second-order valence-corrected chi connectivity index (χ2v) is 7.11. The van der Waals surface area contributed by atoms with Crippen molar-refractivity contribution in [2.45, 2.75) is 38.1 Å². The Bertz CT molecular complexity index is 1040. The van der Waals surface area contributed by atoms with Crippen molar-refractivity contribution < 1.29 is 0 Å². The molecule has 5 nitrogen and oxygen atoms in total. The van der Waals surface area contributed by atoms with Gasteiger partial charge in [0.15, 0.2) is 0 Å². The normalized spacial score (nSPS) is 14.1. The van der Waals surface area contributed by atoms with Crippen LogP contribution in [0.4, 0.5) is 11.4 Å². The van der Waals surface area contributed by atoms with Crippen LogP contribution in [0, 0.1) is 23.2 Å². The monoisotopic (exact) mass is 369 g/mol. The van der Waals surface area contributed by atoms with Crippen molar-refractivity contribution in [3.63, 3.8) is 0 Å². The average molecular weight is 369 g/mol. The van der Waals surface area contributed by atoms with Gasteiger partial charge in [0.25, 0.3) is 0 Å². The topological polar surface area (TPSA) is 76.5 Å². The number of rotatable bonds is 4. The molecule has 2 heterocycles. The van der Waals surface area contributed by atoms with Gasteiger partial charge < -0.3 is 15.6 Å². The molecule has 3 N–H and O–H groups in total. The SMILES string of the molecule is N#Cc1ccc(NCC#Cc2cnc3[nH]ccc3c2NC2CCCCC2)cc1. The number of fused-ring (bicyclic) bond motifs is 1. The van der Waals surface area contributed by atoms with E-state index in [-0.39, 0.29) is 0 Å². The maximum Gasteiger partial charge on any atom is 0.139 e. The van der Waals surface area contributed by atoms with Gasteiger partial charge in [-0.1, -0.05) is 31.1 Å². The first-order valence-electron chi connectivity index (χ1n) is 9.79. The smallest absolute Gasteiger partial charge is 0.139 e. The predicted octanol–water partition coefficient (Wildman–Crippen LogP) is 4.64. The van der Waals surface area contributed by atoms with Crippen LogP contribution in [0.1, 0.15) is 43.2 Å². The van der Waals surface area contributed by atoms with E-state index in [0.717, 1.165) is 28.0 Å². The number of pyridine rings is 1. The Balaban J connectivity index is 1.50. The summed E-state index contributed by atoms with van der Waals surface area (Å²) in [6.45, 7) is 0.528. The summed E-state index contributed by atoms with van der Waals surface area (Å²) < 4.78 is 0. The molecule has 0 spiro atoms. The van der Waals surface area contributed by atoms with Crippen molar-refractivity contribution in [3.8, 4) is 17.9 Å². The number of nitrogens with zero attached hydrogens (tertiary/aromatic N) is 2. The number of nitrogens with one attached hydrogen (secondary N) is 3. The molecule has 0 bridgehead atoms. The first-order chi connectivity index (χ1) is 13.8. The molecule has 28 heavy (non-hydrogen) atoms. The highest BCUT2D eigenvalue weighted by molar-refractivity contribution is 5.92. The van der Waals surface area contributed by atoms with Crippen LogP contribution in [0.15, 0.2) is 42.7 Å². The second-order valence-electron chi connectivity index (χ2n) is 7.11. The average Bonchev–Trinajstić information content (AvgIpc) is 3.23. The van der Waals surface area contributed by atoms with Gasteiger partial charge in [0.05, 0.1) is 29.4 Å². The van der Waals surface area contributed by atoms with E-state index in [2.05, 4.69) is 44.6 Å². The fourth-order valence-electron chi connectivity index (χ4n) is 3.66. The zero-order chi connectivity index (χ0) is 19.2. The number of hydrogen-bond acceptors (Lipinski definition) is 4. The molecule has 1 saturated carbocycles. The standard InChI is InChI=1S/C23H23N5/c24-15-17-8-10-19(11-9-17)25-13-4-5-18-16-27-23-21(12-14-26-23)22(18)28-20-6-2-1-3-7-20/h8-12,14,16,20,25H,1-3,6-7,13H2,(H2,26,27,28). The molecule has 1 fully saturated rings. The Morgan fingerprint density at radius 3 is 2.71 bits per heavy atom. The summed E-state index contributed by atoms with van der Waals surface area (Å²) in [6, 6.07) is 12.1. The van der Waals surface area contributed by atoms with E-state index in [1.54, 1.807) is 12.1 Å². The van der Waals surface area contributed by atoms with Gasteiger partial charge in [0.2, 0.25) is 0 Å². The Labute approximate surface area is 165 Å². The van der Waals surface area contributed by atoms with E-state index in [1.807, 2.05) is 24.5 Å². The van der Waals surface area contributed by atoms with Gasteiger partial charge in [0.1, 0.15) is 5.65 Å². The summed E-state index contributed by atoms with van der Waals surface area (Å²) in [5.41, 5.74) is 4.51. The Morgan fingerprint density at radius 1 is 1.11 bits per heavy atom. The molecule has 3 aromatic rings. The lowest BCUT2D eigenvalue weighted by Crippen LogP contribution is -2.23. The molecule has 5 heteroatoms. The largest absolute Gasteiger partial charge is 0.381 e. The molecule has 1 aliphatic carbocycles. The summed E-state index contributed by atoms with van der Waals surface area (Å²) in [7, 11) is 0. The lowest BCUT2D eigenvalue weighted by atomic mass is 9.95. The van der Waals surface area contributed by atoms with E-state index in [1.165, 1.54) is 32.1 Å². The van der Waals surface area contributed by atoms with Crippen LogP contribution in [-0.4, -0.2) is 22.6 Å². The highest BCUT2D eigenvalue weighted by Gasteiger charge is 2.16. The summed E-state index contributed by atoms with van der Waals surface area (Å²) in [6.07, 6.45) is 10.1. The predicted molar refractivity (Wildman–Crippen MR) is 113 cm³/mol. The molecule has 4 rings (SSSR count). The molecule has 2 aromatic heterocycles. The van der Waals surface area contributed by atoms with Crippen LogP contribution in [-0.2, 0) is 0 Å². The van der Waals surface area contributed by atoms with Gasteiger partial charge in [-0.15, -0.1) is 0 Å². The summed E-state index contributed by atoms with van der Waals surface area (Å²) in [5.74, 6) is 6.47. The van der Waals surface area contributed by atoms with Crippen molar-refractivity contribution >= 4 is 22.4 Å². The summed E-state index contributed by atoms with van der Waals surface area (Å²) in [5, 5.41) is 17.0. The number of H-pyrrole nitrogens is 1. The van der Waals surface area contributed by atoms with Crippen molar-refractivity contribution in [2.24, 2.45) is 0 Å². The molecule has 0 aliphatic heterocycles. The van der Waals surface area contributed by atoms with Gasteiger partial charge in [-0.25, -0.2) is 4.98 Å². The number of aromatic nitrogens is 2. The first-order valence-corrected chi connectivity index (χ1v) is 9.79. The zero-order valence-corrected chi connectivity index (χ0v) is 15.8. The maximum absolute atomic E-state index is 8.86. The lowest BCUT2D eigenvalue weighted by Gasteiger charge is -2.24.